The van der Waals surface area contributed by atoms with Gasteiger partial charge in [-0.25, -0.2) is 0 Å². The second kappa shape index (κ2) is 4.09. The van der Waals surface area contributed by atoms with E-state index in [2.05, 4.69) is 24.0 Å². The average Bonchev–Trinajstić information content (AvgIpc) is 2.71. The highest BCUT2D eigenvalue weighted by Crippen LogP contribution is 2.33. The van der Waals surface area contributed by atoms with Gasteiger partial charge in [0.2, 0.25) is 0 Å². The van der Waals surface area contributed by atoms with E-state index in [-0.39, 0.29) is 6.04 Å². The zero-order valence-corrected chi connectivity index (χ0v) is 8.74. The van der Waals surface area contributed by atoms with Crippen LogP contribution in [0.1, 0.15) is 43.0 Å². The molecule has 0 radical (unpaired) electrons. The summed E-state index contributed by atoms with van der Waals surface area (Å²) < 4.78 is 0. The molecule has 0 amide bonds. The lowest BCUT2D eigenvalue weighted by atomic mass is 9.96. The summed E-state index contributed by atoms with van der Waals surface area (Å²) in [6.07, 6.45) is 7.13. The van der Waals surface area contributed by atoms with Gasteiger partial charge in [0, 0.05) is 12.2 Å². The number of aromatic nitrogens is 1. The molecule has 2 N–H and O–H groups in total. The zero-order chi connectivity index (χ0) is 9.97. The SMILES string of the molecule is Cc1ccc([C@H](N)C2CCCC2)nc1. The van der Waals surface area contributed by atoms with Crippen molar-refractivity contribution in [1.82, 2.24) is 4.98 Å². The third kappa shape index (κ3) is 1.95. The normalized spacial score (nSPS) is 19.9. The smallest absolute Gasteiger partial charge is 0.0574 e. The van der Waals surface area contributed by atoms with Crippen LogP contribution in [0.3, 0.4) is 0 Å². The van der Waals surface area contributed by atoms with Crippen LogP contribution in [0.4, 0.5) is 0 Å². The lowest BCUT2D eigenvalue weighted by Gasteiger charge is -2.17. The number of nitrogens with two attached hydrogens (primary N) is 1. The van der Waals surface area contributed by atoms with E-state index in [0.29, 0.717) is 5.92 Å². The van der Waals surface area contributed by atoms with E-state index in [4.69, 9.17) is 5.73 Å². The third-order valence-electron chi connectivity index (χ3n) is 3.18. The Morgan fingerprint density at radius 3 is 2.64 bits per heavy atom. The van der Waals surface area contributed by atoms with Gasteiger partial charge in [0.1, 0.15) is 0 Å². The summed E-state index contributed by atoms with van der Waals surface area (Å²) in [5.74, 6) is 0.658. The Hall–Kier alpha value is -0.890. The molecule has 1 atom stereocenters. The maximum Gasteiger partial charge on any atom is 0.0574 e. The first-order valence-electron chi connectivity index (χ1n) is 5.45. The van der Waals surface area contributed by atoms with Crippen LogP contribution in [0.15, 0.2) is 18.3 Å². The summed E-state index contributed by atoms with van der Waals surface area (Å²) in [6.45, 7) is 2.05. The molecule has 1 heterocycles. The molecule has 14 heavy (non-hydrogen) atoms. The first-order valence-corrected chi connectivity index (χ1v) is 5.45. The number of pyridine rings is 1. The van der Waals surface area contributed by atoms with Gasteiger partial charge in [-0.05, 0) is 37.3 Å². The minimum atomic E-state index is 0.151. The van der Waals surface area contributed by atoms with Crippen molar-refractivity contribution in [3.05, 3.63) is 29.6 Å². The fourth-order valence-corrected chi connectivity index (χ4v) is 2.23. The summed E-state index contributed by atoms with van der Waals surface area (Å²) >= 11 is 0. The molecule has 1 fully saturated rings. The molecule has 1 saturated carbocycles. The van der Waals surface area contributed by atoms with Crippen LogP contribution in [0.2, 0.25) is 0 Å². The maximum atomic E-state index is 6.19. The Kier molecular flexibility index (Phi) is 2.82. The second-order valence-corrected chi connectivity index (χ2v) is 4.33. The lowest BCUT2D eigenvalue weighted by molar-refractivity contribution is 0.437. The molecular weight excluding hydrogens is 172 g/mol. The Morgan fingerprint density at radius 1 is 1.36 bits per heavy atom. The van der Waals surface area contributed by atoms with Gasteiger partial charge >= 0.3 is 0 Å². The zero-order valence-electron chi connectivity index (χ0n) is 8.74. The van der Waals surface area contributed by atoms with E-state index >= 15 is 0 Å². The van der Waals surface area contributed by atoms with E-state index in [1.807, 2.05) is 6.20 Å². The number of nitrogens with zero attached hydrogens (tertiary/aromatic N) is 1. The molecule has 1 aromatic heterocycles. The predicted molar refractivity (Wildman–Crippen MR) is 57.9 cm³/mol. The fraction of sp³-hybridized carbons (Fsp3) is 0.583. The van der Waals surface area contributed by atoms with Crippen LogP contribution in [-0.2, 0) is 0 Å². The molecule has 0 aliphatic heterocycles. The van der Waals surface area contributed by atoms with Crippen LogP contribution in [0, 0.1) is 12.8 Å². The first-order chi connectivity index (χ1) is 6.77. The molecule has 0 bridgehead atoms. The van der Waals surface area contributed by atoms with Crippen molar-refractivity contribution in [2.45, 2.75) is 38.6 Å². The number of hydrogen-bond acceptors (Lipinski definition) is 2. The fourth-order valence-electron chi connectivity index (χ4n) is 2.23. The van der Waals surface area contributed by atoms with E-state index in [9.17, 15) is 0 Å². The van der Waals surface area contributed by atoms with Gasteiger partial charge in [0.05, 0.1) is 5.69 Å². The number of rotatable bonds is 2. The maximum absolute atomic E-state index is 6.19. The second-order valence-electron chi connectivity index (χ2n) is 4.33. The average molecular weight is 190 g/mol. The molecule has 1 aliphatic carbocycles. The summed E-state index contributed by atoms with van der Waals surface area (Å²) in [7, 11) is 0. The molecule has 2 heteroatoms. The van der Waals surface area contributed by atoms with Gasteiger partial charge in [0.25, 0.3) is 0 Å². The highest BCUT2D eigenvalue weighted by molar-refractivity contribution is 5.15. The van der Waals surface area contributed by atoms with Crippen molar-refractivity contribution in [2.24, 2.45) is 11.7 Å². The van der Waals surface area contributed by atoms with Crippen LogP contribution >= 0.6 is 0 Å². The first kappa shape index (κ1) is 9.66. The van der Waals surface area contributed by atoms with E-state index in [1.165, 1.54) is 31.2 Å². The molecule has 76 valence electrons. The highest BCUT2D eigenvalue weighted by atomic mass is 14.8. The summed E-state index contributed by atoms with van der Waals surface area (Å²) in [5, 5.41) is 0. The molecule has 0 aromatic carbocycles. The molecule has 0 unspecified atom stereocenters. The minimum Gasteiger partial charge on any atom is -0.322 e. The van der Waals surface area contributed by atoms with Crippen LogP contribution in [0.25, 0.3) is 0 Å². The van der Waals surface area contributed by atoms with Gasteiger partial charge in [-0.2, -0.15) is 0 Å². The Morgan fingerprint density at radius 2 is 2.07 bits per heavy atom. The van der Waals surface area contributed by atoms with Crippen molar-refractivity contribution < 1.29 is 0 Å². The monoisotopic (exact) mass is 190 g/mol. The molecule has 2 rings (SSSR count). The van der Waals surface area contributed by atoms with Gasteiger partial charge in [-0.15, -0.1) is 0 Å². The number of hydrogen-bond donors (Lipinski definition) is 1. The van der Waals surface area contributed by atoms with Gasteiger partial charge in [-0.3, -0.25) is 4.98 Å². The molecule has 2 nitrogen and oxygen atoms in total. The standard InChI is InChI=1S/C12H18N2/c1-9-6-7-11(14-8-9)12(13)10-4-2-3-5-10/h6-8,10,12H,2-5,13H2,1H3/t12-/m1/s1. The lowest BCUT2D eigenvalue weighted by Crippen LogP contribution is -2.20. The van der Waals surface area contributed by atoms with Crippen molar-refractivity contribution in [3.8, 4) is 0 Å². The van der Waals surface area contributed by atoms with Crippen LogP contribution in [-0.4, -0.2) is 4.98 Å². The molecule has 1 aromatic rings. The van der Waals surface area contributed by atoms with Gasteiger partial charge in [0.15, 0.2) is 0 Å². The van der Waals surface area contributed by atoms with Crippen molar-refractivity contribution in [2.75, 3.05) is 0 Å². The summed E-state index contributed by atoms with van der Waals surface area (Å²) in [4.78, 5) is 4.40. The van der Waals surface area contributed by atoms with Gasteiger partial charge < -0.3 is 5.73 Å². The Labute approximate surface area is 85.5 Å². The quantitative estimate of drug-likeness (QED) is 0.778. The van der Waals surface area contributed by atoms with E-state index in [0.717, 1.165) is 5.69 Å². The third-order valence-corrected chi connectivity index (χ3v) is 3.18. The largest absolute Gasteiger partial charge is 0.322 e. The topological polar surface area (TPSA) is 38.9 Å². The highest BCUT2D eigenvalue weighted by Gasteiger charge is 2.23. The molecular formula is C12H18N2. The van der Waals surface area contributed by atoms with Crippen molar-refractivity contribution in [1.29, 1.82) is 0 Å². The van der Waals surface area contributed by atoms with Crippen molar-refractivity contribution in [3.63, 3.8) is 0 Å². The minimum absolute atomic E-state index is 0.151. The van der Waals surface area contributed by atoms with Crippen LogP contribution in [0.5, 0.6) is 0 Å². The van der Waals surface area contributed by atoms with Crippen molar-refractivity contribution >= 4 is 0 Å². The Balaban J connectivity index is 2.09. The Bertz CT molecular complexity index is 286. The van der Waals surface area contributed by atoms with E-state index in [1.54, 1.807) is 0 Å². The number of aryl methyl sites for hydroxylation is 1. The van der Waals surface area contributed by atoms with E-state index < -0.39 is 0 Å². The molecule has 1 aliphatic rings. The molecule has 0 saturated heterocycles. The summed E-state index contributed by atoms with van der Waals surface area (Å²) in [6, 6.07) is 4.31. The predicted octanol–water partition coefficient (Wildman–Crippen LogP) is 2.58. The van der Waals surface area contributed by atoms with Gasteiger partial charge in [-0.1, -0.05) is 18.9 Å². The summed E-state index contributed by atoms with van der Waals surface area (Å²) in [5.41, 5.74) is 8.45. The molecule has 0 spiro atoms. The van der Waals surface area contributed by atoms with Crippen LogP contribution < -0.4 is 5.73 Å².